The summed E-state index contributed by atoms with van der Waals surface area (Å²) in [5.74, 6) is 3.00. The van der Waals surface area contributed by atoms with Crippen LogP contribution in [0.3, 0.4) is 0 Å². The number of rotatable bonds is 5. The highest BCUT2D eigenvalue weighted by Crippen LogP contribution is 2.29. The summed E-state index contributed by atoms with van der Waals surface area (Å²) >= 11 is 0. The summed E-state index contributed by atoms with van der Waals surface area (Å²) in [6.45, 7) is 3.46. The van der Waals surface area contributed by atoms with E-state index in [4.69, 9.17) is 0 Å². The summed E-state index contributed by atoms with van der Waals surface area (Å²) in [6.07, 6.45) is 11.4. The number of fused-ring (bicyclic) bond motifs is 1. The van der Waals surface area contributed by atoms with Gasteiger partial charge in [0, 0.05) is 44.9 Å². The Hall–Kier alpha value is -2.25. The van der Waals surface area contributed by atoms with Gasteiger partial charge >= 0.3 is 0 Å². The van der Waals surface area contributed by atoms with Gasteiger partial charge in [-0.2, -0.15) is 5.10 Å². The van der Waals surface area contributed by atoms with E-state index in [1.807, 2.05) is 4.90 Å². The zero-order chi connectivity index (χ0) is 17.8. The second-order valence-electron chi connectivity index (χ2n) is 7.35. The molecule has 2 aromatic rings. The lowest BCUT2D eigenvalue weighted by atomic mass is 9.95. The van der Waals surface area contributed by atoms with E-state index in [0.717, 1.165) is 63.5 Å². The van der Waals surface area contributed by atoms with Crippen molar-refractivity contribution in [2.75, 3.05) is 13.1 Å². The third-order valence-corrected chi connectivity index (χ3v) is 5.60. The maximum absolute atomic E-state index is 12.4. The molecule has 0 bridgehead atoms. The van der Waals surface area contributed by atoms with Crippen LogP contribution in [-0.4, -0.2) is 53.4 Å². The van der Waals surface area contributed by atoms with Gasteiger partial charge in [-0.3, -0.25) is 9.48 Å². The SMILES string of the molecule is O=C(CCCn1cncn1)N1CCC(c2nnc3n2CCCCC3)CC1. The topological polar surface area (TPSA) is 81.7 Å². The average Bonchev–Trinajstić information content (AvgIpc) is 3.27. The number of amides is 1. The molecule has 0 radical (unpaired) electrons. The van der Waals surface area contributed by atoms with Crippen molar-refractivity contribution in [2.45, 2.75) is 70.4 Å². The quantitative estimate of drug-likeness (QED) is 0.815. The molecule has 0 atom stereocenters. The maximum Gasteiger partial charge on any atom is 0.222 e. The normalized spacial score (nSPS) is 18.5. The minimum atomic E-state index is 0.253. The molecule has 0 spiro atoms. The molecule has 2 aliphatic heterocycles. The Morgan fingerprint density at radius 1 is 1.12 bits per heavy atom. The van der Waals surface area contributed by atoms with Crippen molar-refractivity contribution in [3.05, 3.63) is 24.3 Å². The third kappa shape index (κ3) is 3.78. The predicted octanol–water partition coefficient (Wildman–Crippen LogP) is 1.78. The summed E-state index contributed by atoms with van der Waals surface area (Å²) in [7, 11) is 0. The molecule has 0 N–H and O–H groups in total. The Labute approximate surface area is 153 Å². The molecule has 4 rings (SSSR count). The molecule has 8 nitrogen and oxygen atoms in total. The third-order valence-electron chi connectivity index (χ3n) is 5.60. The molecule has 1 amide bonds. The summed E-state index contributed by atoms with van der Waals surface area (Å²) in [5.41, 5.74) is 0. The van der Waals surface area contributed by atoms with Gasteiger partial charge in [0.05, 0.1) is 0 Å². The minimum absolute atomic E-state index is 0.253. The van der Waals surface area contributed by atoms with Crippen molar-refractivity contribution < 1.29 is 4.79 Å². The molecular weight excluding hydrogens is 330 g/mol. The second-order valence-corrected chi connectivity index (χ2v) is 7.35. The fourth-order valence-corrected chi connectivity index (χ4v) is 4.10. The highest BCUT2D eigenvalue weighted by atomic mass is 16.2. The number of nitrogens with zero attached hydrogens (tertiary/aromatic N) is 7. The molecule has 4 heterocycles. The van der Waals surface area contributed by atoms with Crippen molar-refractivity contribution in [3.8, 4) is 0 Å². The van der Waals surface area contributed by atoms with Crippen LogP contribution in [0.15, 0.2) is 12.7 Å². The van der Waals surface area contributed by atoms with Gasteiger partial charge in [0.25, 0.3) is 0 Å². The lowest BCUT2D eigenvalue weighted by molar-refractivity contribution is -0.132. The molecule has 1 fully saturated rings. The van der Waals surface area contributed by atoms with Crippen LogP contribution < -0.4 is 0 Å². The van der Waals surface area contributed by atoms with Crippen molar-refractivity contribution in [1.82, 2.24) is 34.4 Å². The molecule has 2 aromatic heterocycles. The van der Waals surface area contributed by atoms with Crippen LogP contribution in [0.5, 0.6) is 0 Å². The molecule has 26 heavy (non-hydrogen) atoms. The van der Waals surface area contributed by atoms with Gasteiger partial charge in [-0.1, -0.05) is 6.42 Å². The number of hydrogen-bond donors (Lipinski definition) is 0. The summed E-state index contributed by atoms with van der Waals surface area (Å²) in [6, 6.07) is 0. The lowest BCUT2D eigenvalue weighted by Crippen LogP contribution is -2.38. The zero-order valence-corrected chi connectivity index (χ0v) is 15.3. The van der Waals surface area contributed by atoms with Gasteiger partial charge in [-0.25, -0.2) is 4.98 Å². The first kappa shape index (κ1) is 17.2. The van der Waals surface area contributed by atoms with Gasteiger partial charge < -0.3 is 9.47 Å². The molecule has 140 valence electrons. The van der Waals surface area contributed by atoms with E-state index < -0.39 is 0 Å². The van der Waals surface area contributed by atoms with E-state index in [-0.39, 0.29) is 5.91 Å². The molecule has 2 aliphatic rings. The lowest BCUT2D eigenvalue weighted by Gasteiger charge is -2.32. The number of piperidine rings is 1. The summed E-state index contributed by atoms with van der Waals surface area (Å²) in [4.78, 5) is 18.4. The Balaban J connectivity index is 1.27. The summed E-state index contributed by atoms with van der Waals surface area (Å²) in [5, 5.41) is 13.0. The molecule has 0 unspecified atom stereocenters. The van der Waals surface area contributed by atoms with E-state index >= 15 is 0 Å². The Morgan fingerprint density at radius 3 is 2.81 bits per heavy atom. The van der Waals surface area contributed by atoms with Crippen LogP contribution in [0.25, 0.3) is 0 Å². The fourth-order valence-electron chi connectivity index (χ4n) is 4.10. The fraction of sp³-hybridized carbons (Fsp3) is 0.722. The molecule has 8 heteroatoms. The zero-order valence-electron chi connectivity index (χ0n) is 15.3. The first-order valence-electron chi connectivity index (χ1n) is 9.83. The van der Waals surface area contributed by atoms with Crippen LogP contribution in [0.4, 0.5) is 0 Å². The molecule has 0 saturated carbocycles. The van der Waals surface area contributed by atoms with Crippen molar-refractivity contribution in [1.29, 1.82) is 0 Å². The van der Waals surface area contributed by atoms with Crippen LogP contribution >= 0.6 is 0 Å². The highest BCUT2D eigenvalue weighted by molar-refractivity contribution is 5.76. The first-order valence-corrected chi connectivity index (χ1v) is 9.83. The Kier molecular flexibility index (Phi) is 5.26. The van der Waals surface area contributed by atoms with Crippen LogP contribution in [-0.2, 0) is 24.3 Å². The van der Waals surface area contributed by atoms with Gasteiger partial charge in [0.1, 0.15) is 24.3 Å². The van der Waals surface area contributed by atoms with Gasteiger partial charge in [0.2, 0.25) is 5.91 Å². The second kappa shape index (κ2) is 7.97. The average molecular weight is 357 g/mol. The van der Waals surface area contributed by atoms with E-state index in [0.29, 0.717) is 12.3 Å². The largest absolute Gasteiger partial charge is 0.343 e. The minimum Gasteiger partial charge on any atom is -0.343 e. The van der Waals surface area contributed by atoms with E-state index in [1.54, 1.807) is 11.0 Å². The smallest absolute Gasteiger partial charge is 0.222 e. The molecule has 0 aromatic carbocycles. The van der Waals surface area contributed by atoms with Crippen molar-refractivity contribution >= 4 is 5.91 Å². The van der Waals surface area contributed by atoms with Crippen LogP contribution in [0.2, 0.25) is 0 Å². The van der Waals surface area contributed by atoms with Crippen molar-refractivity contribution in [2.24, 2.45) is 0 Å². The van der Waals surface area contributed by atoms with Gasteiger partial charge in [-0.05, 0) is 32.1 Å². The number of hydrogen-bond acceptors (Lipinski definition) is 5. The number of aryl methyl sites for hydroxylation is 2. The number of likely N-dealkylation sites (tertiary alicyclic amines) is 1. The van der Waals surface area contributed by atoms with E-state index in [9.17, 15) is 4.79 Å². The van der Waals surface area contributed by atoms with E-state index in [1.165, 1.54) is 25.6 Å². The number of carbonyl (C=O) groups excluding carboxylic acids is 1. The monoisotopic (exact) mass is 357 g/mol. The number of aromatic nitrogens is 6. The summed E-state index contributed by atoms with van der Waals surface area (Å²) < 4.78 is 4.13. The van der Waals surface area contributed by atoms with Crippen molar-refractivity contribution in [3.63, 3.8) is 0 Å². The maximum atomic E-state index is 12.4. The Bertz CT molecular complexity index is 716. The van der Waals surface area contributed by atoms with Crippen LogP contribution in [0, 0.1) is 0 Å². The number of carbonyl (C=O) groups is 1. The van der Waals surface area contributed by atoms with E-state index in [2.05, 4.69) is 24.8 Å². The molecular formula is C18H27N7O. The predicted molar refractivity (Wildman–Crippen MR) is 95.4 cm³/mol. The first-order chi connectivity index (χ1) is 12.8. The Morgan fingerprint density at radius 2 is 2.00 bits per heavy atom. The molecule has 0 aliphatic carbocycles. The van der Waals surface area contributed by atoms with Crippen LogP contribution in [0.1, 0.15) is 62.5 Å². The molecule has 1 saturated heterocycles. The highest BCUT2D eigenvalue weighted by Gasteiger charge is 2.28. The standard InChI is InChI=1S/C18H27N7O/c26-17(6-4-9-24-14-19-13-20-24)23-11-7-15(8-12-23)18-22-21-16-5-2-1-3-10-25(16)18/h13-15H,1-12H2. The van der Waals surface area contributed by atoms with Gasteiger partial charge in [-0.15, -0.1) is 10.2 Å². The van der Waals surface area contributed by atoms with Gasteiger partial charge in [0.15, 0.2) is 0 Å².